The van der Waals surface area contributed by atoms with Gasteiger partial charge < -0.3 is 4.74 Å². The third-order valence-corrected chi connectivity index (χ3v) is 8.63. The number of para-hydroxylation sites is 1. The molecule has 0 spiro atoms. The average molecular weight is 574 g/mol. The number of ether oxygens (including phenoxy) is 1. The number of halogens is 1. The van der Waals surface area contributed by atoms with Crippen LogP contribution in [0.3, 0.4) is 0 Å². The Kier molecular flexibility index (Phi) is 12.0. The van der Waals surface area contributed by atoms with E-state index in [1.807, 2.05) is 0 Å². The molecule has 0 aromatic heterocycles. The third kappa shape index (κ3) is 7.85. The number of fused-ring (bicyclic) bond motifs is 2. The van der Waals surface area contributed by atoms with Gasteiger partial charge in [0.25, 0.3) is 0 Å². The molecule has 2 heteroatoms. The summed E-state index contributed by atoms with van der Waals surface area (Å²) in [6.07, 6.45) is 19.2. The lowest BCUT2D eigenvalue weighted by Crippen LogP contribution is -1.99. The second-order valence-electron chi connectivity index (χ2n) is 10.7. The van der Waals surface area contributed by atoms with Crippen molar-refractivity contribution in [3.8, 4) is 16.9 Å². The van der Waals surface area contributed by atoms with Crippen molar-refractivity contribution in [2.24, 2.45) is 0 Å². The molecular formula is C36H45BrO. The van der Waals surface area contributed by atoms with Crippen LogP contribution in [0.5, 0.6) is 5.75 Å². The molecule has 0 unspecified atom stereocenters. The molecule has 0 aliphatic rings. The number of hydrogen-bond acceptors (Lipinski definition) is 1. The first kappa shape index (κ1) is 28.7. The molecule has 4 aromatic carbocycles. The van der Waals surface area contributed by atoms with Crippen molar-refractivity contribution in [3.63, 3.8) is 0 Å². The summed E-state index contributed by atoms with van der Waals surface area (Å²) in [6.45, 7) is 3.07. The van der Waals surface area contributed by atoms with Gasteiger partial charge in [-0.25, -0.2) is 0 Å². The van der Waals surface area contributed by atoms with Crippen LogP contribution in [0, 0.1) is 0 Å². The largest absolute Gasteiger partial charge is 0.493 e. The van der Waals surface area contributed by atoms with Gasteiger partial charge in [-0.2, -0.15) is 0 Å². The molecule has 202 valence electrons. The van der Waals surface area contributed by atoms with E-state index in [2.05, 4.69) is 95.7 Å². The topological polar surface area (TPSA) is 9.23 Å². The SMILES string of the molecule is CCCCCCCCCCCCCCCCOc1ccccc1-c1c2ccccc2c(Br)c2ccccc12. The van der Waals surface area contributed by atoms with E-state index in [1.54, 1.807) is 0 Å². The van der Waals surface area contributed by atoms with Crippen LogP contribution in [0.4, 0.5) is 0 Å². The van der Waals surface area contributed by atoms with Crippen LogP contribution in [-0.4, -0.2) is 6.61 Å². The predicted octanol–water partition coefficient (Wildman–Crippen LogP) is 12.3. The van der Waals surface area contributed by atoms with Crippen LogP contribution >= 0.6 is 15.9 Å². The molecule has 4 rings (SSSR count). The fraction of sp³-hybridized carbons (Fsp3) is 0.444. The molecule has 0 N–H and O–H groups in total. The van der Waals surface area contributed by atoms with E-state index in [1.165, 1.54) is 116 Å². The summed E-state index contributed by atoms with van der Waals surface area (Å²) in [5, 5.41) is 4.99. The molecular weight excluding hydrogens is 528 g/mol. The van der Waals surface area contributed by atoms with E-state index in [0.29, 0.717) is 0 Å². The molecule has 0 bridgehead atoms. The summed E-state index contributed by atoms with van der Waals surface area (Å²) in [7, 11) is 0. The molecule has 0 saturated carbocycles. The van der Waals surface area contributed by atoms with Crippen LogP contribution < -0.4 is 4.74 Å². The lowest BCUT2D eigenvalue weighted by molar-refractivity contribution is 0.305. The molecule has 0 radical (unpaired) electrons. The van der Waals surface area contributed by atoms with Gasteiger partial charge >= 0.3 is 0 Å². The summed E-state index contributed by atoms with van der Waals surface area (Å²) in [6, 6.07) is 25.9. The van der Waals surface area contributed by atoms with Crippen LogP contribution in [-0.2, 0) is 0 Å². The Morgan fingerprint density at radius 1 is 0.500 bits per heavy atom. The zero-order valence-corrected chi connectivity index (χ0v) is 24.9. The summed E-state index contributed by atoms with van der Waals surface area (Å²) in [5.74, 6) is 0.986. The Labute approximate surface area is 239 Å². The highest BCUT2D eigenvalue weighted by Gasteiger charge is 2.16. The van der Waals surface area contributed by atoms with Gasteiger partial charge in [0, 0.05) is 15.6 Å². The molecule has 0 saturated heterocycles. The first-order valence-electron chi connectivity index (χ1n) is 15.1. The molecule has 0 aliphatic carbocycles. The minimum Gasteiger partial charge on any atom is -0.493 e. The lowest BCUT2D eigenvalue weighted by Gasteiger charge is -2.17. The average Bonchev–Trinajstić information content (AvgIpc) is 2.96. The maximum Gasteiger partial charge on any atom is 0.127 e. The van der Waals surface area contributed by atoms with Gasteiger partial charge in [-0.1, -0.05) is 157 Å². The minimum atomic E-state index is 0.779. The van der Waals surface area contributed by atoms with E-state index >= 15 is 0 Å². The predicted molar refractivity (Wildman–Crippen MR) is 170 cm³/mol. The van der Waals surface area contributed by atoms with E-state index in [4.69, 9.17) is 4.74 Å². The van der Waals surface area contributed by atoms with Crippen molar-refractivity contribution in [1.82, 2.24) is 0 Å². The highest BCUT2D eigenvalue weighted by molar-refractivity contribution is 9.10. The third-order valence-electron chi connectivity index (χ3n) is 7.78. The first-order chi connectivity index (χ1) is 18.8. The highest BCUT2D eigenvalue weighted by Crippen LogP contribution is 2.44. The molecule has 0 atom stereocenters. The highest BCUT2D eigenvalue weighted by atomic mass is 79.9. The molecule has 4 aromatic rings. The molecule has 0 amide bonds. The van der Waals surface area contributed by atoms with E-state index < -0.39 is 0 Å². The summed E-state index contributed by atoms with van der Waals surface area (Å²) < 4.78 is 7.58. The summed E-state index contributed by atoms with van der Waals surface area (Å²) >= 11 is 3.88. The van der Waals surface area contributed by atoms with Crippen molar-refractivity contribution in [3.05, 3.63) is 77.3 Å². The van der Waals surface area contributed by atoms with Crippen LogP contribution in [0.1, 0.15) is 96.8 Å². The zero-order valence-electron chi connectivity index (χ0n) is 23.3. The Morgan fingerprint density at radius 3 is 1.45 bits per heavy atom. The summed E-state index contributed by atoms with van der Waals surface area (Å²) in [4.78, 5) is 0. The van der Waals surface area contributed by atoms with Crippen molar-refractivity contribution in [2.45, 2.75) is 96.8 Å². The lowest BCUT2D eigenvalue weighted by atomic mass is 9.91. The Morgan fingerprint density at radius 2 is 0.921 bits per heavy atom. The van der Waals surface area contributed by atoms with Crippen LogP contribution in [0.2, 0.25) is 0 Å². The van der Waals surface area contributed by atoms with Gasteiger partial charge in [-0.05, 0) is 50.0 Å². The second-order valence-corrected chi connectivity index (χ2v) is 11.5. The monoisotopic (exact) mass is 572 g/mol. The fourth-order valence-electron chi connectivity index (χ4n) is 5.64. The van der Waals surface area contributed by atoms with Gasteiger partial charge in [0.1, 0.15) is 5.75 Å². The minimum absolute atomic E-state index is 0.779. The van der Waals surface area contributed by atoms with Gasteiger partial charge in [-0.15, -0.1) is 0 Å². The van der Waals surface area contributed by atoms with Crippen molar-refractivity contribution < 1.29 is 4.74 Å². The molecule has 0 aliphatic heterocycles. The van der Waals surface area contributed by atoms with Crippen molar-refractivity contribution >= 4 is 37.5 Å². The maximum absolute atomic E-state index is 6.41. The smallest absolute Gasteiger partial charge is 0.127 e. The number of rotatable bonds is 17. The zero-order chi connectivity index (χ0) is 26.4. The first-order valence-corrected chi connectivity index (χ1v) is 15.9. The normalized spacial score (nSPS) is 11.4. The maximum atomic E-state index is 6.41. The molecule has 0 fully saturated rings. The van der Waals surface area contributed by atoms with E-state index in [9.17, 15) is 0 Å². The van der Waals surface area contributed by atoms with Crippen molar-refractivity contribution in [1.29, 1.82) is 0 Å². The molecule has 0 heterocycles. The molecule has 1 nitrogen and oxygen atoms in total. The number of unbranched alkanes of at least 4 members (excludes halogenated alkanes) is 13. The second kappa shape index (κ2) is 15.9. The Hall–Kier alpha value is -2.32. The standard InChI is InChI=1S/C36H45BrO/c1-2-3-4-5-6-7-8-9-10-11-12-13-14-21-28-38-34-27-20-19-26-33(34)35-29-22-15-17-24-31(29)36(37)32-25-18-16-23-30(32)35/h15-20,22-27H,2-14,21,28H2,1H3. The van der Waals surface area contributed by atoms with Gasteiger partial charge in [0.15, 0.2) is 0 Å². The van der Waals surface area contributed by atoms with Gasteiger partial charge in [0.05, 0.1) is 6.61 Å². The quantitative estimate of drug-likeness (QED) is 0.0902. The van der Waals surface area contributed by atoms with Gasteiger partial charge in [-0.3, -0.25) is 0 Å². The Bertz CT molecular complexity index is 1200. The fourth-order valence-corrected chi connectivity index (χ4v) is 6.33. The number of hydrogen-bond donors (Lipinski definition) is 0. The van der Waals surface area contributed by atoms with E-state index in [-0.39, 0.29) is 0 Å². The molecule has 38 heavy (non-hydrogen) atoms. The summed E-state index contributed by atoms with van der Waals surface area (Å²) in [5.41, 5.74) is 2.44. The van der Waals surface area contributed by atoms with Crippen LogP contribution in [0.25, 0.3) is 32.7 Å². The van der Waals surface area contributed by atoms with Crippen LogP contribution in [0.15, 0.2) is 77.3 Å². The van der Waals surface area contributed by atoms with Gasteiger partial charge in [0.2, 0.25) is 0 Å². The number of benzene rings is 4. The van der Waals surface area contributed by atoms with Crippen molar-refractivity contribution in [2.75, 3.05) is 6.61 Å². The Balaban J connectivity index is 1.26. The van der Waals surface area contributed by atoms with E-state index in [0.717, 1.165) is 23.2 Å².